The number of nitrogens with one attached hydrogen (secondary N) is 1. The minimum Gasteiger partial charge on any atom is -0.384 e. The molecule has 0 bridgehead atoms. The van der Waals surface area contributed by atoms with Crippen molar-refractivity contribution in [1.82, 2.24) is 9.97 Å². The monoisotopic (exact) mass is 283 g/mol. The van der Waals surface area contributed by atoms with Crippen LogP contribution in [0, 0.1) is 0 Å². The van der Waals surface area contributed by atoms with E-state index in [1.165, 1.54) is 5.56 Å². The van der Waals surface area contributed by atoms with Gasteiger partial charge < -0.3 is 5.32 Å². The van der Waals surface area contributed by atoms with E-state index in [2.05, 4.69) is 15.3 Å². The lowest BCUT2D eigenvalue weighted by Crippen LogP contribution is -2.05. The van der Waals surface area contributed by atoms with Crippen LogP contribution in [0.4, 0.5) is 5.69 Å². The lowest BCUT2D eigenvalue weighted by atomic mass is 10.1. The van der Waals surface area contributed by atoms with Crippen molar-refractivity contribution >= 4 is 28.2 Å². The number of pyridine rings is 2. The molecule has 0 aliphatic heterocycles. The number of nitrogens with zero attached hydrogens (tertiary/aromatic N) is 2. The molecule has 0 atom stereocenters. The van der Waals surface area contributed by atoms with Crippen molar-refractivity contribution in [2.45, 2.75) is 6.42 Å². The first kappa shape index (κ1) is 12.9. The Bertz CT molecular complexity index is 713. The summed E-state index contributed by atoms with van der Waals surface area (Å²) in [5.74, 6) is 0. The third-order valence-corrected chi connectivity index (χ3v) is 3.42. The van der Waals surface area contributed by atoms with Crippen LogP contribution in [-0.4, -0.2) is 16.5 Å². The summed E-state index contributed by atoms with van der Waals surface area (Å²) >= 11 is 5.99. The molecule has 2 heterocycles. The highest BCUT2D eigenvalue weighted by Gasteiger charge is 2.02. The predicted molar refractivity (Wildman–Crippen MR) is 83.2 cm³/mol. The summed E-state index contributed by atoms with van der Waals surface area (Å²) in [6.45, 7) is 0.867. The van der Waals surface area contributed by atoms with Crippen molar-refractivity contribution in [1.29, 1.82) is 0 Å². The molecule has 0 radical (unpaired) electrons. The van der Waals surface area contributed by atoms with E-state index in [0.717, 1.165) is 29.6 Å². The van der Waals surface area contributed by atoms with Gasteiger partial charge in [0, 0.05) is 41.2 Å². The molecular weight excluding hydrogens is 270 g/mol. The Hall–Kier alpha value is -2.13. The molecule has 0 saturated heterocycles. The molecule has 3 rings (SSSR count). The summed E-state index contributed by atoms with van der Waals surface area (Å²) < 4.78 is 0. The van der Waals surface area contributed by atoms with E-state index in [9.17, 15) is 0 Å². The van der Waals surface area contributed by atoms with Gasteiger partial charge in [-0.3, -0.25) is 9.97 Å². The Morgan fingerprint density at radius 2 is 1.85 bits per heavy atom. The van der Waals surface area contributed by atoms with Gasteiger partial charge in [-0.15, -0.1) is 0 Å². The van der Waals surface area contributed by atoms with Crippen molar-refractivity contribution in [3.05, 3.63) is 65.6 Å². The van der Waals surface area contributed by atoms with Gasteiger partial charge in [0.2, 0.25) is 0 Å². The molecule has 0 fully saturated rings. The predicted octanol–water partition coefficient (Wildman–Crippen LogP) is 3.94. The molecule has 1 N–H and O–H groups in total. The fraction of sp³-hybridized carbons (Fsp3) is 0.125. The minimum absolute atomic E-state index is 0.707. The number of aromatic nitrogens is 2. The maximum absolute atomic E-state index is 5.99. The van der Waals surface area contributed by atoms with Gasteiger partial charge in [-0.1, -0.05) is 11.6 Å². The molecule has 0 aliphatic carbocycles. The Morgan fingerprint density at radius 3 is 2.70 bits per heavy atom. The van der Waals surface area contributed by atoms with E-state index in [1.807, 2.05) is 48.8 Å². The third kappa shape index (κ3) is 2.89. The van der Waals surface area contributed by atoms with E-state index in [-0.39, 0.29) is 0 Å². The van der Waals surface area contributed by atoms with Crippen LogP contribution in [0.15, 0.2) is 55.0 Å². The average Bonchev–Trinajstić information content (AvgIpc) is 2.48. The van der Waals surface area contributed by atoms with Crippen molar-refractivity contribution in [3.63, 3.8) is 0 Å². The molecule has 100 valence electrons. The van der Waals surface area contributed by atoms with Crippen molar-refractivity contribution < 1.29 is 0 Å². The maximum Gasteiger partial charge on any atom is 0.0737 e. The summed E-state index contributed by atoms with van der Waals surface area (Å²) in [5, 5.41) is 5.25. The zero-order valence-corrected chi connectivity index (χ0v) is 11.6. The average molecular weight is 284 g/mol. The molecule has 4 heteroatoms. The highest BCUT2D eigenvalue weighted by Crippen LogP contribution is 2.24. The number of rotatable bonds is 4. The maximum atomic E-state index is 5.99. The van der Waals surface area contributed by atoms with Gasteiger partial charge in [-0.2, -0.15) is 0 Å². The van der Waals surface area contributed by atoms with Crippen molar-refractivity contribution in [3.8, 4) is 0 Å². The van der Waals surface area contributed by atoms with Crippen molar-refractivity contribution in [2.24, 2.45) is 0 Å². The van der Waals surface area contributed by atoms with Gasteiger partial charge in [-0.25, -0.2) is 0 Å². The van der Waals surface area contributed by atoms with Gasteiger partial charge in [0.15, 0.2) is 0 Å². The molecular formula is C16H14ClN3. The van der Waals surface area contributed by atoms with Crippen LogP contribution in [0.25, 0.3) is 10.9 Å². The first-order chi connectivity index (χ1) is 9.83. The van der Waals surface area contributed by atoms with E-state index in [1.54, 1.807) is 6.20 Å². The number of hydrogen-bond donors (Lipinski definition) is 1. The number of benzene rings is 1. The number of hydrogen-bond acceptors (Lipinski definition) is 3. The van der Waals surface area contributed by atoms with Crippen LogP contribution in [0.3, 0.4) is 0 Å². The standard InChI is InChI=1S/C16H14ClN3/c17-13-1-2-14-15(6-10-20-16(14)11-13)19-9-5-12-3-7-18-8-4-12/h1-4,6-8,10-11H,5,9H2,(H,19,20). The number of halogens is 1. The second-order valence-electron chi connectivity index (χ2n) is 4.55. The molecule has 3 aromatic rings. The summed E-state index contributed by atoms with van der Waals surface area (Å²) in [4.78, 5) is 8.36. The molecule has 0 saturated carbocycles. The van der Waals surface area contributed by atoms with Gasteiger partial charge in [0.1, 0.15) is 0 Å². The Kier molecular flexibility index (Phi) is 3.79. The summed E-state index contributed by atoms with van der Waals surface area (Å²) in [7, 11) is 0. The second-order valence-corrected chi connectivity index (χ2v) is 4.99. The fourth-order valence-electron chi connectivity index (χ4n) is 2.17. The van der Waals surface area contributed by atoms with Crippen molar-refractivity contribution in [2.75, 3.05) is 11.9 Å². The van der Waals surface area contributed by atoms with E-state index < -0.39 is 0 Å². The third-order valence-electron chi connectivity index (χ3n) is 3.18. The topological polar surface area (TPSA) is 37.8 Å². The quantitative estimate of drug-likeness (QED) is 0.788. The first-order valence-electron chi connectivity index (χ1n) is 6.50. The minimum atomic E-state index is 0.707. The summed E-state index contributed by atoms with van der Waals surface area (Å²) in [6, 6.07) is 11.8. The zero-order valence-electron chi connectivity index (χ0n) is 10.9. The lowest BCUT2D eigenvalue weighted by Gasteiger charge is -2.09. The van der Waals surface area contributed by atoms with E-state index in [0.29, 0.717) is 5.02 Å². The summed E-state index contributed by atoms with van der Waals surface area (Å²) in [5.41, 5.74) is 3.26. The van der Waals surface area contributed by atoms with Gasteiger partial charge >= 0.3 is 0 Å². The first-order valence-corrected chi connectivity index (χ1v) is 6.88. The fourth-order valence-corrected chi connectivity index (χ4v) is 2.33. The van der Waals surface area contributed by atoms with Crippen LogP contribution in [0.5, 0.6) is 0 Å². The Balaban J connectivity index is 1.74. The number of fused-ring (bicyclic) bond motifs is 1. The second kappa shape index (κ2) is 5.88. The molecule has 0 aliphatic rings. The van der Waals surface area contributed by atoms with Crippen LogP contribution < -0.4 is 5.32 Å². The molecule has 2 aromatic heterocycles. The lowest BCUT2D eigenvalue weighted by molar-refractivity contribution is 1.01. The van der Waals surface area contributed by atoms with E-state index in [4.69, 9.17) is 11.6 Å². The van der Waals surface area contributed by atoms with Gasteiger partial charge in [-0.05, 0) is 48.4 Å². The largest absolute Gasteiger partial charge is 0.384 e. The van der Waals surface area contributed by atoms with Crippen LogP contribution in [0.1, 0.15) is 5.56 Å². The Labute approximate surface area is 122 Å². The highest BCUT2D eigenvalue weighted by molar-refractivity contribution is 6.31. The SMILES string of the molecule is Clc1ccc2c(NCCc3ccncc3)ccnc2c1. The highest BCUT2D eigenvalue weighted by atomic mass is 35.5. The van der Waals surface area contributed by atoms with Crippen LogP contribution in [-0.2, 0) is 6.42 Å². The summed E-state index contributed by atoms with van der Waals surface area (Å²) in [6.07, 6.45) is 6.39. The normalized spacial score (nSPS) is 10.7. The molecule has 1 aromatic carbocycles. The van der Waals surface area contributed by atoms with Crippen LogP contribution >= 0.6 is 11.6 Å². The van der Waals surface area contributed by atoms with Gasteiger partial charge in [0.05, 0.1) is 5.52 Å². The molecule has 0 amide bonds. The van der Waals surface area contributed by atoms with Crippen LogP contribution in [0.2, 0.25) is 5.02 Å². The Morgan fingerprint density at radius 1 is 1.00 bits per heavy atom. The molecule has 3 nitrogen and oxygen atoms in total. The van der Waals surface area contributed by atoms with Gasteiger partial charge in [0.25, 0.3) is 0 Å². The molecule has 0 spiro atoms. The molecule has 20 heavy (non-hydrogen) atoms. The zero-order chi connectivity index (χ0) is 13.8. The molecule has 0 unspecified atom stereocenters. The number of anilines is 1. The van der Waals surface area contributed by atoms with E-state index >= 15 is 0 Å². The smallest absolute Gasteiger partial charge is 0.0737 e.